The van der Waals surface area contributed by atoms with Gasteiger partial charge in [0, 0.05) is 103 Å². The topological polar surface area (TPSA) is 398 Å². The highest BCUT2D eigenvalue weighted by atomic mass is 31.2. The Kier molecular flexibility index (Phi) is 27.2. The van der Waals surface area contributed by atoms with Gasteiger partial charge in [0.05, 0.1) is 91.5 Å². The highest BCUT2D eigenvalue weighted by Gasteiger charge is 2.67. The Morgan fingerprint density at radius 2 is 1.30 bits per heavy atom. The lowest BCUT2D eigenvalue weighted by Gasteiger charge is -2.30. The first kappa shape index (κ1) is 76.2. The van der Waals surface area contributed by atoms with Gasteiger partial charge in [-0.3, -0.25) is 53.0 Å². The number of carbonyl (C=O) groups is 10. The Bertz CT molecular complexity index is 3770. The lowest BCUT2D eigenvalue weighted by atomic mass is 9.81. The number of phosphoric ester groups is 1. The Labute approximate surface area is 583 Å². The molecule has 1 saturated carbocycles. The molecule has 0 radical (unpaired) electrons. The fraction of sp³-hybridized carbons (Fsp3) is 0.486. The van der Waals surface area contributed by atoms with Gasteiger partial charge in [-0.05, 0) is 71.7 Å². The van der Waals surface area contributed by atoms with Gasteiger partial charge in [-0.2, -0.15) is 0 Å². The van der Waals surface area contributed by atoms with E-state index in [1.54, 1.807) is 79.4 Å². The number of benzene rings is 4. The molecule has 4 aromatic carbocycles. The van der Waals surface area contributed by atoms with E-state index in [4.69, 9.17) is 43.4 Å². The second-order valence-electron chi connectivity index (χ2n) is 25.2. The Morgan fingerprint density at radius 1 is 0.703 bits per heavy atom. The van der Waals surface area contributed by atoms with Crippen molar-refractivity contribution in [2.75, 3.05) is 116 Å². The number of hydrogen-bond acceptors (Lipinski definition) is 19. The molecule has 10 amide bonds. The maximum atomic E-state index is 14.7. The normalized spacial score (nSPS) is 18.1. The summed E-state index contributed by atoms with van der Waals surface area (Å²) in [7, 11) is -5.06. The number of fused-ring (bicyclic) bond motifs is 4. The van der Waals surface area contributed by atoms with E-state index in [2.05, 4.69) is 26.6 Å². The van der Waals surface area contributed by atoms with Crippen LogP contribution in [0.25, 0.3) is 10.8 Å². The van der Waals surface area contributed by atoms with Gasteiger partial charge >= 0.3 is 19.9 Å². The number of amides is 10. The molecule has 6 atom stereocenters. The smallest absolute Gasteiger partial charge is 0.445 e. The van der Waals surface area contributed by atoms with Crippen molar-refractivity contribution >= 4 is 89.2 Å². The van der Waals surface area contributed by atoms with Crippen LogP contribution in [0.4, 0.5) is 21.0 Å². The third-order valence-electron chi connectivity index (χ3n) is 18.0. The number of phosphoric acid groups is 1. The van der Waals surface area contributed by atoms with Gasteiger partial charge < -0.3 is 79.8 Å². The molecule has 4 aromatic rings. The van der Waals surface area contributed by atoms with Crippen LogP contribution in [0, 0.1) is 11.8 Å². The molecule has 9 N–H and O–H groups in total. The molecule has 31 heteroatoms. The first-order chi connectivity index (χ1) is 48.5. The number of hydrogen-bond donors (Lipinski definition) is 8. The van der Waals surface area contributed by atoms with Gasteiger partial charge in [0.25, 0.3) is 11.8 Å². The van der Waals surface area contributed by atoms with Crippen molar-refractivity contribution in [3.05, 3.63) is 125 Å². The number of carbonyl (C=O) groups excluding carboxylic acids is 10. The van der Waals surface area contributed by atoms with E-state index in [1.807, 2.05) is 19.1 Å². The number of alkyl carbamates (subject to hydrolysis) is 1. The minimum absolute atomic E-state index is 0.0372. The summed E-state index contributed by atoms with van der Waals surface area (Å²) in [6, 6.07) is 17.9. The number of ether oxygens (including phenoxy) is 7. The number of imide groups is 1. The predicted molar refractivity (Wildman–Crippen MR) is 365 cm³/mol. The molecule has 3 aliphatic heterocycles. The van der Waals surface area contributed by atoms with Crippen LogP contribution in [0.3, 0.4) is 0 Å². The third kappa shape index (κ3) is 20.6. The van der Waals surface area contributed by atoms with Crippen LogP contribution in [-0.4, -0.2) is 202 Å². The number of urea groups is 1. The minimum Gasteiger partial charge on any atom is -0.445 e. The van der Waals surface area contributed by atoms with Crippen molar-refractivity contribution in [2.45, 2.75) is 102 Å². The number of rotatable bonds is 41. The van der Waals surface area contributed by atoms with Crippen molar-refractivity contribution in [3.63, 3.8) is 0 Å². The van der Waals surface area contributed by atoms with E-state index in [0.29, 0.717) is 105 Å². The number of likely N-dealkylation sites (tertiary alicyclic amines) is 1. The van der Waals surface area contributed by atoms with Gasteiger partial charge in [-0.15, -0.1) is 0 Å². The molecule has 1 spiro atoms. The molecule has 2 fully saturated rings. The van der Waals surface area contributed by atoms with Gasteiger partial charge in [-0.1, -0.05) is 81.4 Å². The molecule has 0 bridgehead atoms. The Morgan fingerprint density at radius 3 is 1.91 bits per heavy atom. The van der Waals surface area contributed by atoms with Crippen LogP contribution in [-0.2, 0) is 83.3 Å². The maximum Gasteiger partial charge on any atom is 0.524 e. The number of anilines is 2. The summed E-state index contributed by atoms with van der Waals surface area (Å²) >= 11 is 0. The number of ketones is 1. The average Bonchev–Trinajstić information content (AvgIpc) is 1.51. The number of primary amides is 1. The predicted octanol–water partition coefficient (Wildman–Crippen LogP) is 4.53. The van der Waals surface area contributed by atoms with Crippen LogP contribution < -0.4 is 41.7 Å². The molecular weight excluding hydrogens is 1330 g/mol. The summed E-state index contributed by atoms with van der Waals surface area (Å²) in [5.74, 6) is -4.24. The molecule has 101 heavy (non-hydrogen) atoms. The molecule has 6 unspecified atom stereocenters. The number of nitrogens with two attached hydrogens (primary N) is 1. The van der Waals surface area contributed by atoms with Crippen LogP contribution in [0.2, 0.25) is 0 Å². The van der Waals surface area contributed by atoms with E-state index < -0.39 is 85.4 Å². The van der Waals surface area contributed by atoms with Crippen molar-refractivity contribution in [1.29, 1.82) is 0 Å². The quantitative estimate of drug-likeness (QED) is 0.0172. The summed E-state index contributed by atoms with van der Waals surface area (Å²) in [6.45, 7) is 9.30. The van der Waals surface area contributed by atoms with Crippen molar-refractivity contribution in [1.82, 2.24) is 31.1 Å². The van der Waals surface area contributed by atoms with Crippen LogP contribution in [0.15, 0.2) is 103 Å². The summed E-state index contributed by atoms with van der Waals surface area (Å²) in [5.41, 5.74) is 8.72. The highest BCUT2D eigenvalue weighted by Crippen LogP contribution is 2.66. The Balaban J connectivity index is 0.725. The lowest BCUT2D eigenvalue weighted by molar-refractivity contribution is -0.138. The van der Waals surface area contributed by atoms with Gasteiger partial charge in [-0.25, -0.2) is 14.2 Å². The molecule has 0 aromatic heterocycles. The maximum absolute atomic E-state index is 14.7. The standard InChI is InChI=1S/C70H88N9O21P/c1-4-46-41-78(55-38-57(100-101(90,91)92)50-10-5-6-11-51(50)64(46)55)62(84)36-49(37-63(85)79-42-47-40-70(47)53-13-8-7-12-52(53)56(80)39-58(70)79)74-69(89)99-43-45-15-17-48(18-16-45)73-66(86)54(14-9-22-72-68(71)88)75-67(87)65(44(2)3)76-59(81)21-24-93-26-28-95-30-32-97-34-35-98-33-31-96-29-27-94-25-23-77-60(82)19-20-61(77)83/h5-8,10-13,15-20,38-39,44,46-47,49,54,65H,4,9,14,21-37,40-43H2,1-3H3,(H,73,86)(H,74,89)(H,75,87)(H,76,81)(H3,71,72,88)(H2,90,91,92). The van der Waals surface area contributed by atoms with E-state index in [-0.39, 0.29) is 114 Å². The Hall–Kier alpha value is -8.97. The third-order valence-corrected chi connectivity index (χ3v) is 18.4. The van der Waals surface area contributed by atoms with E-state index in [0.717, 1.165) is 22.4 Å². The van der Waals surface area contributed by atoms with Crippen LogP contribution in [0.5, 0.6) is 5.75 Å². The minimum atomic E-state index is -5.06. The van der Waals surface area contributed by atoms with Crippen molar-refractivity contribution < 1.29 is 100.0 Å². The SMILES string of the molecule is CCC1CN(C(=O)CC(CC(=O)N2CC3CC34C2=CC(=O)c2ccccc24)NC(=O)OCc2ccc(NC(=O)C(CCCNC(N)=O)NC(=O)C(NC(=O)CCOCCOCCOCCOCCOCCOCCN3C(=O)C=CC3=O)C(C)C)cc2)c2cc(OP(=O)(O)O)c3ccccc3c21. The largest absolute Gasteiger partial charge is 0.524 e. The molecule has 30 nitrogen and oxygen atoms in total. The molecule has 9 rings (SSSR count). The second-order valence-corrected chi connectivity index (χ2v) is 26.4. The van der Waals surface area contributed by atoms with E-state index in [9.17, 15) is 62.3 Å². The molecule has 2 aliphatic carbocycles. The second kappa shape index (κ2) is 36.1. The number of nitrogens with one attached hydrogen (secondary N) is 5. The first-order valence-corrected chi connectivity index (χ1v) is 35.3. The zero-order valence-corrected chi connectivity index (χ0v) is 57.6. The fourth-order valence-electron chi connectivity index (χ4n) is 12.9. The summed E-state index contributed by atoms with van der Waals surface area (Å²) < 4.78 is 56.0. The molecule has 3 heterocycles. The molecule has 1 saturated heterocycles. The number of allylic oxidation sites excluding steroid dienone is 2. The zero-order chi connectivity index (χ0) is 72.2. The van der Waals surface area contributed by atoms with Crippen LogP contribution in [0.1, 0.15) is 98.7 Å². The summed E-state index contributed by atoms with van der Waals surface area (Å²) in [4.78, 5) is 156. The van der Waals surface area contributed by atoms with Crippen molar-refractivity contribution in [2.24, 2.45) is 17.6 Å². The summed E-state index contributed by atoms with van der Waals surface area (Å²) in [6.07, 6.45) is 3.79. The average molecular weight is 1420 g/mol. The van der Waals surface area contributed by atoms with Crippen molar-refractivity contribution in [3.8, 4) is 5.75 Å². The zero-order valence-electron chi connectivity index (χ0n) is 56.7. The fourth-order valence-corrected chi connectivity index (χ4v) is 13.3. The summed E-state index contributed by atoms with van der Waals surface area (Å²) in [5, 5.41) is 14.6. The van der Waals surface area contributed by atoms with Gasteiger partial charge in [0.15, 0.2) is 5.78 Å². The van der Waals surface area contributed by atoms with Gasteiger partial charge in [0.1, 0.15) is 24.4 Å². The molecular formula is C70H88N9O21P. The van der Waals surface area contributed by atoms with Gasteiger partial charge in [0.2, 0.25) is 29.5 Å². The van der Waals surface area contributed by atoms with E-state index in [1.165, 1.54) is 29.2 Å². The number of piperidine rings is 1. The molecule has 5 aliphatic rings. The molecule has 544 valence electrons. The first-order valence-electron chi connectivity index (χ1n) is 33.8. The van der Waals surface area contributed by atoms with Crippen LogP contribution >= 0.6 is 7.82 Å². The number of nitrogens with zero attached hydrogens (tertiary/aromatic N) is 3. The van der Waals surface area contributed by atoms with E-state index >= 15 is 0 Å². The lowest BCUT2D eigenvalue weighted by Crippen LogP contribution is -2.54. The highest BCUT2D eigenvalue weighted by molar-refractivity contribution is 7.46. The monoisotopic (exact) mass is 1420 g/mol.